The second-order valence-electron chi connectivity index (χ2n) is 4.90. The van der Waals surface area contributed by atoms with Crippen molar-refractivity contribution in [1.82, 2.24) is 9.97 Å². The van der Waals surface area contributed by atoms with Crippen LogP contribution < -0.4 is 5.32 Å². The summed E-state index contributed by atoms with van der Waals surface area (Å²) in [7, 11) is 0. The van der Waals surface area contributed by atoms with Crippen molar-refractivity contribution in [3.05, 3.63) is 52.5 Å². The highest BCUT2D eigenvalue weighted by atomic mass is 79.9. The van der Waals surface area contributed by atoms with Gasteiger partial charge in [-0.2, -0.15) is 0 Å². The Morgan fingerprint density at radius 2 is 2.05 bits per heavy atom. The molecule has 5 heteroatoms. The summed E-state index contributed by atoms with van der Waals surface area (Å²) in [4.78, 5) is 20.3. The van der Waals surface area contributed by atoms with E-state index in [4.69, 9.17) is 0 Å². The van der Waals surface area contributed by atoms with Gasteiger partial charge in [-0.1, -0.05) is 15.9 Å². The number of amides is 1. The predicted octanol–water partition coefficient (Wildman–Crippen LogP) is 2.69. The number of anilines is 1. The third kappa shape index (κ3) is 2.04. The van der Waals surface area contributed by atoms with E-state index < -0.39 is 5.41 Å². The van der Waals surface area contributed by atoms with E-state index in [2.05, 4.69) is 31.2 Å². The number of hydrogen-bond acceptors (Lipinski definition) is 3. The molecule has 0 bridgehead atoms. The van der Waals surface area contributed by atoms with Crippen LogP contribution in [0.3, 0.4) is 0 Å². The van der Waals surface area contributed by atoms with Crippen LogP contribution in [0.15, 0.2) is 41.4 Å². The van der Waals surface area contributed by atoms with E-state index in [1.807, 2.05) is 25.1 Å². The Morgan fingerprint density at radius 1 is 1.32 bits per heavy atom. The number of halogens is 1. The van der Waals surface area contributed by atoms with E-state index in [9.17, 15) is 4.79 Å². The van der Waals surface area contributed by atoms with Crippen LogP contribution in [0.5, 0.6) is 0 Å². The smallest absolute Gasteiger partial charge is 0.235 e. The Labute approximate surface area is 119 Å². The lowest BCUT2D eigenvalue weighted by Gasteiger charge is -2.22. The van der Waals surface area contributed by atoms with Crippen molar-refractivity contribution in [2.45, 2.75) is 18.8 Å². The lowest BCUT2D eigenvalue weighted by molar-refractivity contribution is -0.120. The van der Waals surface area contributed by atoms with Crippen LogP contribution in [0.1, 0.15) is 18.1 Å². The second kappa shape index (κ2) is 4.42. The topological polar surface area (TPSA) is 54.9 Å². The third-order valence-electron chi connectivity index (χ3n) is 3.50. The summed E-state index contributed by atoms with van der Waals surface area (Å²) < 4.78 is 0.971. The molecule has 1 N–H and O–H groups in total. The Bertz CT molecular complexity index is 644. The van der Waals surface area contributed by atoms with Gasteiger partial charge in [0.15, 0.2) is 0 Å². The molecule has 0 spiro atoms. The molecule has 0 saturated heterocycles. The summed E-state index contributed by atoms with van der Waals surface area (Å²) in [5.74, 6) is 0.0180. The van der Waals surface area contributed by atoms with Crippen LogP contribution in [0.4, 0.5) is 5.69 Å². The zero-order valence-corrected chi connectivity index (χ0v) is 11.9. The Morgan fingerprint density at radius 3 is 2.79 bits per heavy atom. The number of carbonyl (C=O) groups excluding carboxylic acids is 1. The number of fused-ring (bicyclic) bond motifs is 1. The van der Waals surface area contributed by atoms with Gasteiger partial charge in [0.2, 0.25) is 5.91 Å². The predicted molar refractivity (Wildman–Crippen MR) is 75.9 cm³/mol. The summed E-state index contributed by atoms with van der Waals surface area (Å²) in [6, 6.07) is 5.84. The molecule has 1 unspecified atom stereocenters. The average Bonchev–Trinajstić information content (AvgIpc) is 2.64. The monoisotopic (exact) mass is 317 g/mol. The van der Waals surface area contributed by atoms with Gasteiger partial charge in [-0.3, -0.25) is 4.79 Å². The van der Waals surface area contributed by atoms with Crippen LogP contribution in [-0.2, 0) is 16.6 Å². The highest BCUT2D eigenvalue weighted by Gasteiger charge is 2.42. The summed E-state index contributed by atoms with van der Waals surface area (Å²) >= 11 is 3.46. The molecule has 0 aliphatic carbocycles. The van der Waals surface area contributed by atoms with Gasteiger partial charge in [-0.15, -0.1) is 0 Å². The molecule has 1 aromatic carbocycles. The van der Waals surface area contributed by atoms with Gasteiger partial charge in [0.1, 0.15) is 6.33 Å². The molecule has 1 atom stereocenters. The van der Waals surface area contributed by atoms with Crippen molar-refractivity contribution in [2.75, 3.05) is 5.32 Å². The van der Waals surface area contributed by atoms with Gasteiger partial charge in [0.25, 0.3) is 0 Å². The SMILES string of the molecule is CC1(Cc2cncnc2)C(=O)Nc2ccc(Br)cc21. The molecule has 2 aromatic rings. The maximum Gasteiger partial charge on any atom is 0.235 e. The average molecular weight is 318 g/mol. The standard InChI is InChI=1S/C14H12BrN3O/c1-14(5-9-6-16-8-17-7-9)11-4-10(15)2-3-12(11)18-13(14)19/h2-4,6-8H,5H2,1H3,(H,18,19). The van der Waals surface area contributed by atoms with E-state index in [1.165, 1.54) is 6.33 Å². The summed E-state index contributed by atoms with van der Waals surface area (Å²) in [6.45, 7) is 1.95. The number of benzene rings is 1. The van der Waals surface area contributed by atoms with E-state index >= 15 is 0 Å². The van der Waals surface area contributed by atoms with Crippen LogP contribution >= 0.6 is 15.9 Å². The molecule has 4 nitrogen and oxygen atoms in total. The number of rotatable bonds is 2. The normalized spacial score (nSPS) is 21.1. The molecule has 96 valence electrons. The van der Waals surface area contributed by atoms with Crippen LogP contribution in [0, 0.1) is 0 Å². The zero-order chi connectivity index (χ0) is 13.5. The van der Waals surface area contributed by atoms with Gasteiger partial charge in [0.05, 0.1) is 5.41 Å². The van der Waals surface area contributed by atoms with Crippen molar-refractivity contribution in [1.29, 1.82) is 0 Å². The molecule has 0 saturated carbocycles. The van der Waals surface area contributed by atoms with Gasteiger partial charge in [-0.25, -0.2) is 9.97 Å². The molecule has 0 fully saturated rings. The summed E-state index contributed by atoms with van der Waals surface area (Å²) in [6.07, 6.45) is 5.58. The molecule has 1 amide bonds. The minimum Gasteiger partial charge on any atom is -0.325 e. The fourth-order valence-electron chi connectivity index (χ4n) is 2.47. The number of nitrogens with one attached hydrogen (secondary N) is 1. The Kier molecular flexibility index (Phi) is 2.86. The quantitative estimate of drug-likeness (QED) is 0.926. The third-order valence-corrected chi connectivity index (χ3v) is 3.99. The molecule has 1 aliphatic heterocycles. The van der Waals surface area contributed by atoms with Crippen molar-refractivity contribution in [3.8, 4) is 0 Å². The molecule has 19 heavy (non-hydrogen) atoms. The minimum atomic E-state index is -0.580. The van der Waals surface area contributed by atoms with Crippen molar-refractivity contribution >= 4 is 27.5 Å². The van der Waals surface area contributed by atoms with Crippen molar-refractivity contribution in [3.63, 3.8) is 0 Å². The van der Waals surface area contributed by atoms with E-state index in [0.717, 1.165) is 21.3 Å². The van der Waals surface area contributed by atoms with Crippen LogP contribution in [-0.4, -0.2) is 15.9 Å². The fourth-order valence-corrected chi connectivity index (χ4v) is 2.83. The number of hydrogen-bond donors (Lipinski definition) is 1. The number of nitrogens with zero attached hydrogens (tertiary/aromatic N) is 2. The number of carbonyl (C=O) groups is 1. The second-order valence-corrected chi connectivity index (χ2v) is 5.82. The van der Waals surface area contributed by atoms with Crippen molar-refractivity contribution in [2.24, 2.45) is 0 Å². The molecular weight excluding hydrogens is 306 g/mol. The molecule has 0 radical (unpaired) electrons. The fraction of sp³-hybridized carbons (Fsp3) is 0.214. The van der Waals surface area contributed by atoms with E-state index in [0.29, 0.717) is 6.42 Å². The maximum atomic E-state index is 12.3. The van der Waals surface area contributed by atoms with Gasteiger partial charge < -0.3 is 5.32 Å². The van der Waals surface area contributed by atoms with Gasteiger partial charge >= 0.3 is 0 Å². The van der Waals surface area contributed by atoms with Gasteiger partial charge in [0, 0.05) is 22.6 Å². The first kappa shape index (κ1) is 12.3. The molecule has 2 heterocycles. The first-order chi connectivity index (χ1) is 9.09. The van der Waals surface area contributed by atoms with Crippen molar-refractivity contribution < 1.29 is 4.79 Å². The Balaban J connectivity index is 2.04. The zero-order valence-electron chi connectivity index (χ0n) is 10.4. The number of aromatic nitrogens is 2. The lowest BCUT2D eigenvalue weighted by atomic mass is 9.79. The van der Waals surface area contributed by atoms with E-state index in [-0.39, 0.29) is 5.91 Å². The first-order valence-electron chi connectivity index (χ1n) is 5.95. The van der Waals surface area contributed by atoms with Crippen LogP contribution in [0.25, 0.3) is 0 Å². The largest absolute Gasteiger partial charge is 0.325 e. The van der Waals surface area contributed by atoms with Gasteiger partial charge in [-0.05, 0) is 42.7 Å². The lowest BCUT2D eigenvalue weighted by Crippen LogP contribution is -2.33. The van der Waals surface area contributed by atoms with E-state index in [1.54, 1.807) is 12.4 Å². The first-order valence-corrected chi connectivity index (χ1v) is 6.74. The summed E-state index contributed by atoms with van der Waals surface area (Å²) in [5, 5.41) is 2.93. The molecule has 3 rings (SSSR count). The van der Waals surface area contributed by atoms with Crippen LogP contribution in [0.2, 0.25) is 0 Å². The minimum absolute atomic E-state index is 0.0180. The molecular formula is C14H12BrN3O. The molecule has 1 aromatic heterocycles. The highest BCUT2D eigenvalue weighted by molar-refractivity contribution is 9.10. The molecule has 1 aliphatic rings. The maximum absolute atomic E-state index is 12.3. The summed E-state index contributed by atoms with van der Waals surface area (Å²) in [5.41, 5.74) is 2.26. The highest BCUT2D eigenvalue weighted by Crippen LogP contribution is 2.41. The Hall–Kier alpha value is -1.75.